The third-order valence-electron chi connectivity index (χ3n) is 6.15. The Hall–Kier alpha value is -2.00. The fraction of sp³-hybridized carbons (Fsp3) is 0.684. The molecule has 2 unspecified atom stereocenters. The van der Waals surface area contributed by atoms with Gasteiger partial charge in [-0.05, 0) is 50.4 Å². The molecule has 4 aliphatic carbocycles. The van der Waals surface area contributed by atoms with Crippen molar-refractivity contribution in [3.8, 4) is 0 Å². The first kappa shape index (κ1) is 19.3. The van der Waals surface area contributed by atoms with Crippen LogP contribution in [0.25, 0.3) is 0 Å². The van der Waals surface area contributed by atoms with Gasteiger partial charge in [-0.3, -0.25) is 19.7 Å². The van der Waals surface area contributed by atoms with Crippen molar-refractivity contribution in [3.05, 3.63) is 11.1 Å². The second-order valence-corrected chi connectivity index (χ2v) is 9.35. The van der Waals surface area contributed by atoms with Crippen molar-refractivity contribution < 1.29 is 29.0 Å². The van der Waals surface area contributed by atoms with E-state index in [0.29, 0.717) is 29.1 Å². The molecule has 1 amide bonds. The third-order valence-corrected chi connectivity index (χ3v) is 6.96. The number of ether oxygens (including phenoxy) is 2. The molecule has 1 aromatic heterocycles. The first-order valence-corrected chi connectivity index (χ1v) is 10.4. The molecule has 0 saturated heterocycles. The number of amides is 1. The Bertz CT molecular complexity index is 792. The molecule has 2 N–H and O–H groups in total. The number of aliphatic hydroxyl groups is 1. The second-order valence-electron chi connectivity index (χ2n) is 8.49. The average molecular weight is 408 g/mol. The zero-order valence-electron chi connectivity index (χ0n) is 15.7. The van der Waals surface area contributed by atoms with E-state index < -0.39 is 22.9 Å². The van der Waals surface area contributed by atoms with E-state index in [2.05, 4.69) is 15.0 Å². The van der Waals surface area contributed by atoms with Crippen molar-refractivity contribution in [1.29, 1.82) is 0 Å². The molecular formula is C19H24N2O6S. The molecule has 0 radical (unpaired) electrons. The molecule has 8 nitrogen and oxygen atoms in total. The van der Waals surface area contributed by atoms with Gasteiger partial charge < -0.3 is 14.6 Å². The molecule has 4 fully saturated rings. The van der Waals surface area contributed by atoms with E-state index in [9.17, 15) is 19.5 Å². The summed E-state index contributed by atoms with van der Waals surface area (Å²) < 4.78 is 9.92. The maximum Gasteiger partial charge on any atom is 0.312 e. The molecule has 4 bridgehead atoms. The van der Waals surface area contributed by atoms with Crippen LogP contribution in [0.2, 0.25) is 0 Å². The predicted molar refractivity (Wildman–Crippen MR) is 99.5 cm³/mol. The minimum absolute atomic E-state index is 0.0334. The molecule has 1 heterocycles. The molecule has 4 aliphatic rings. The number of aromatic nitrogens is 1. The van der Waals surface area contributed by atoms with Gasteiger partial charge in [-0.15, -0.1) is 11.3 Å². The van der Waals surface area contributed by atoms with Crippen LogP contribution in [-0.2, 0) is 30.3 Å². The van der Waals surface area contributed by atoms with E-state index in [-0.39, 0.29) is 19.0 Å². The highest BCUT2D eigenvalue weighted by Crippen LogP contribution is 2.61. The van der Waals surface area contributed by atoms with Gasteiger partial charge in [0.2, 0.25) is 0 Å². The van der Waals surface area contributed by atoms with Crippen LogP contribution in [0.3, 0.4) is 0 Å². The topological polar surface area (TPSA) is 115 Å². The fourth-order valence-corrected chi connectivity index (χ4v) is 6.28. The first-order chi connectivity index (χ1) is 13.3. The Balaban J connectivity index is 1.30. The SMILES string of the molecule is COC(=O)Cc1csc(NC(=O)COC(=O)C23C[C@@H]4C[C@@H](CC(O)(C4)C2)C3)n1. The van der Waals surface area contributed by atoms with Gasteiger partial charge in [-0.25, -0.2) is 4.98 Å². The molecule has 1 aromatic rings. The third kappa shape index (κ3) is 3.77. The number of nitrogens with zero attached hydrogens (tertiary/aromatic N) is 1. The quantitative estimate of drug-likeness (QED) is 0.688. The van der Waals surface area contributed by atoms with Crippen LogP contribution in [-0.4, -0.2) is 47.3 Å². The number of thiazole rings is 1. The Morgan fingerprint density at radius 2 is 2.00 bits per heavy atom. The number of esters is 2. The molecule has 4 atom stereocenters. The number of carbonyl (C=O) groups is 3. The lowest BCUT2D eigenvalue weighted by Crippen LogP contribution is -2.58. The number of hydrogen-bond acceptors (Lipinski definition) is 8. The van der Waals surface area contributed by atoms with Crippen molar-refractivity contribution in [2.75, 3.05) is 19.0 Å². The monoisotopic (exact) mass is 408 g/mol. The summed E-state index contributed by atoms with van der Waals surface area (Å²) in [6, 6.07) is 0. The summed E-state index contributed by atoms with van der Waals surface area (Å²) >= 11 is 1.19. The first-order valence-electron chi connectivity index (χ1n) is 9.50. The smallest absolute Gasteiger partial charge is 0.312 e. The molecule has 152 valence electrons. The highest BCUT2D eigenvalue weighted by molar-refractivity contribution is 7.13. The van der Waals surface area contributed by atoms with E-state index in [0.717, 1.165) is 32.1 Å². The summed E-state index contributed by atoms with van der Waals surface area (Å²) in [6.45, 7) is -0.389. The maximum absolute atomic E-state index is 12.8. The van der Waals surface area contributed by atoms with E-state index in [1.165, 1.54) is 18.4 Å². The summed E-state index contributed by atoms with van der Waals surface area (Å²) in [6.07, 6.45) is 4.59. The van der Waals surface area contributed by atoms with Crippen LogP contribution < -0.4 is 5.32 Å². The average Bonchev–Trinajstić information content (AvgIpc) is 3.04. The fourth-order valence-electron chi connectivity index (χ4n) is 5.56. The molecule has 0 aliphatic heterocycles. The number of hydrogen-bond donors (Lipinski definition) is 2. The zero-order chi connectivity index (χ0) is 19.9. The van der Waals surface area contributed by atoms with Crippen molar-refractivity contribution in [2.45, 2.75) is 50.5 Å². The minimum Gasteiger partial charge on any atom is -0.469 e. The number of carbonyl (C=O) groups excluding carboxylic acids is 3. The largest absolute Gasteiger partial charge is 0.469 e. The second kappa shape index (κ2) is 7.11. The van der Waals surface area contributed by atoms with Gasteiger partial charge >= 0.3 is 11.9 Å². The van der Waals surface area contributed by atoms with Gasteiger partial charge in [0.05, 0.1) is 30.2 Å². The maximum atomic E-state index is 12.8. The lowest BCUT2D eigenvalue weighted by atomic mass is 9.48. The van der Waals surface area contributed by atoms with Gasteiger partial charge in [0.15, 0.2) is 11.7 Å². The predicted octanol–water partition coefficient (Wildman–Crippen LogP) is 1.67. The molecule has 0 spiro atoms. The lowest BCUT2D eigenvalue weighted by Gasteiger charge is -2.58. The van der Waals surface area contributed by atoms with Crippen LogP contribution in [0.1, 0.15) is 44.2 Å². The van der Waals surface area contributed by atoms with Crippen LogP contribution in [0.15, 0.2) is 5.38 Å². The summed E-state index contributed by atoms with van der Waals surface area (Å²) in [5, 5.41) is 15.3. The molecule has 4 saturated carbocycles. The van der Waals surface area contributed by atoms with Gasteiger partial charge in [0, 0.05) is 5.38 Å². The van der Waals surface area contributed by atoms with Crippen molar-refractivity contribution >= 4 is 34.3 Å². The lowest BCUT2D eigenvalue weighted by molar-refractivity contribution is -0.196. The van der Waals surface area contributed by atoms with Crippen LogP contribution in [0, 0.1) is 17.3 Å². The summed E-state index contributed by atoms with van der Waals surface area (Å²) in [5.41, 5.74) is -0.887. The molecule has 5 rings (SSSR count). The standard InChI is InChI=1S/C19H24N2O6S/c1-26-15(23)3-13-9-28-17(20-13)21-14(22)8-27-16(24)18-4-11-2-12(5-18)7-19(25,6-11)10-18/h9,11-12,25H,2-8,10H2,1H3,(H,20,21,22)/t11-,12+,18?,19?. The Morgan fingerprint density at radius 1 is 1.29 bits per heavy atom. The van der Waals surface area contributed by atoms with Crippen LogP contribution in [0.4, 0.5) is 5.13 Å². The Labute approximate surface area is 166 Å². The Morgan fingerprint density at radius 3 is 2.64 bits per heavy atom. The van der Waals surface area contributed by atoms with Gasteiger partial charge in [-0.1, -0.05) is 0 Å². The number of anilines is 1. The van der Waals surface area contributed by atoms with Gasteiger partial charge in [-0.2, -0.15) is 0 Å². The summed E-state index contributed by atoms with van der Waals surface area (Å²) in [7, 11) is 1.30. The van der Waals surface area contributed by atoms with E-state index >= 15 is 0 Å². The van der Waals surface area contributed by atoms with Crippen LogP contribution in [0.5, 0.6) is 0 Å². The summed E-state index contributed by atoms with van der Waals surface area (Å²) in [5.74, 6) is -0.516. The molecular weight excluding hydrogens is 384 g/mol. The number of nitrogens with one attached hydrogen (secondary N) is 1. The molecule has 9 heteroatoms. The number of methoxy groups -OCH3 is 1. The van der Waals surface area contributed by atoms with Gasteiger partial charge in [0.25, 0.3) is 5.91 Å². The normalized spacial score (nSPS) is 32.8. The van der Waals surface area contributed by atoms with E-state index in [1.807, 2.05) is 0 Å². The minimum atomic E-state index is -0.748. The highest BCUT2D eigenvalue weighted by Gasteiger charge is 2.60. The summed E-state index contributed by atoms with van der Waals surface area (Å²) in [4.78, 5) is 40.3. The zero-order valence-corrected chi connectivity index (χ0v) is 16.5. The van der Waals surface area contributed by atoms with E-state index in [4.69, 9.17) is 4.74 Å². The Kier molecular flexibility index (Phi) is 4.91. The van der Waals surface area contributed by atoms with Gasteiger partial charge in [0.1, 0.15) is 0 Å². The number of rotatable bonds is 6. The highest BCUT2D eigenvalue weighted by atomic mass is 32.1. The van der Waals surface area contributed by atoms with E-state index in [1.54, 1.807) is 5.38 Å². The van der Waals surface area contributed by atoms with Crippen molar-refractivity contribution in [3.63, 3.8) is 0 Å². The van der Waals surface area contributed by atoms with Crippen LogP contribution >= 0.6 is 11.3 Å². The van der Waals surface area contributed by atoms with Crippen molar-refractivity contribution in [2.24, 2.45) is 17.3 Å². The molecule has 28 heavy (non-hydrogen) atoms. The van der Waals surface area contributed by atoms with Crippen molar-refractivity contribution in [1.82, 2.24) is 4.98 Å². The molecule has 0 aromatic carbocycles.